The topological polar surface area (TPSA) is 0 Å². The van der Waals surface area contributed by atoms with Gasteiger partial charge in [0.05, 0.1) is 0 Å². The summed E-state index contributed by atoms with van der Waals surface area (Å²) in [5, 5.41) is 0. The van der Waals surface area contributed by atoms with Crippen LogP contribution in [0.3, 0.4) is 0 Å². The summed E-state index contributed by atoms with van der Waals surface area (Å²) >= 11 is 0. The van der Waals surface area contributed by atoms with Gasteiger partial charge in [0.1, 0.15) is 0 Å². The van der Waals surface area contributed by atoms with Crippen molar-refractivity contribution < 1.29 is 0 Å². The predicted octanol–water partition coefficient (Wildman–Crippen LogP) is 4.42. The highest BCUT2D eigenvalue weighted by Gasteiger charge is 2.10. The monoisotopic (exact) mass is 188 g/mol. The van der Waals surface area contributed by atoms with Gasteiger partial charge in [0.15, 0.2) is 0 Å². The van der Waals surface area contributed by atoms with E-state index in [-0.39, 0.29) is 0 Å². The molecule has 0 aliphatic heterocycles. The summed E-state index contributed by atoms with van der Waals surface area (Å²) < 4.78 is 0. The molecule has 0 aromatic heterocycles. The van der Waals surface area contributed by atoms with Gasteiger partial charge >= 0.3 is 0 Å². The molecule has 0 amide bonds. The fourth-order valence-electron chi connectivity index (χ4n) is 1.73. The molecule has 0 nitrogen and oxygen atoms in total. The van der Waals surface area contributed by atoms with Crippen molar-refractivity contribution in [3.63, 3.8) is 0 Å². The highest BCUT2D eigenvalue weighted by Crippen LogP contribution is 2.27. The molecular weight excluding hydrogens is 168 g/mol. The van der Waals surface area contributed by atoms with Gasteiger partial charge in [-0.05, 0) is 43.3 Å². The van der Waals surface area contributed by atoms with Crippen molar-refractivity contribution in [1.29, 1.82) is 0 Å². The maximum Gasteiger partial charge on any atom is -0.0234 e. The first-order chi connectivity index (χ1) is 6.77. The van der Waals surface area contributed by atoms with E-state index in [1.807, 2.05) is 13.0 Å². The van der Waals surface area contributed by atoms with Gasteiger partial charge in [0, 0.05) is 0 Å². The van der Waals surface area contributed by atoms with Crippen LogP contribution >= 0.6 is 0 Å². The summed E-state index contributed by atoms with van der Waals surface area (Å²) in [7, 11) is 0. The maximum absolute atomic E-state index is 3.87. The summed E-state index contributed by atoms with van der Waals surface area (Å²) in [4.78, 5) is 0. The number of allylic oxidation sites excluding steroid dienone is 7. The molecule has 0 heteroatoms. The van der Waals surface area contributed by atoms with Gasteiger partial charge in [-0.15, -0.1) is 0 Å². The molecule has 76 valence electrons. The maximum atomic E-state index is 3.87. The van der Waals surface area contributed by atoms with E-state index in [1.165, 1.54) is 30.4 Å². The second-order valence-corrected chi connectivity index (χ2v) is 3.96. The lowest BCUT2D eigenvalue weighted by atomic mass is 9.87. The van der Waals surface area contributed by atoms with E-state index in [2.05, 4.69) is 37.8 Å². The van der Waals surface area contributed by atoms with Crippen LogP contribution in [-0.2, 0) is 0 Å². The van der Waals surface area contributed by atoms with Crippen molar-refractivity contribution in [1.82, 2.24) is 0 Å². The average Bonchev–Trinajstić information content (AvgIpc) is 2.21. The van der Waals surface area contributed by atoms with Crippen LogP contribution in [-0.4, -0.2) is 0 Å². The van der Waals surface area contributed by atoms with E-state index >= 15 is 0 Å². The molecule has 1 aliphatic carbocycles. The largest absolute Gasteiger partial charge is 0.0985 e. The Balaban J connectivity index is 2.75. The Labute approximate surface area is 87.7 Å². The van der Waals surface area contributed by atoms with Gasteiger partial charge in [-0.3, -0.25) is 0 Å². The molecule has 0 spiro atoms. The van der Waals surface area contributed by atoms with Crippen molar-refractivity contribution in [2.24, 2.45) is 5.92 Å². The van der Waals surface area contributed by atoms with Gasteiger partial charge in [-0.1, -0.05) is 43.9 Å². The molecule has 1 atom stereocenters. The number of hydrogen-bond donors (Lipinski definition) is 0. The number of rotatable bonds is 3. The van der Waals surface area contributed by atoms with E-state index in [0.717, 1.165) is 5.92 Å². The van der Waals surface area contributed by atoms with Gasteiger partial charge < -0.3 is 0 Å². The van der Waals surface area contributed by atoms with Gasteiger partial charge in [0.2, 0.25) is 0 Å². The highest BCUT2D eigenvalue weighted by molar-refractivity contribution is 5.41. The molecule has 0 fully saturated rings. The molecule has 0 radical (unpaired) electrons. The molecule has 0 N–H and O–H groups in total. The fraction of sp³-hybridized carbons (Fsp3) is 0.429. The SMILES string of the molecule is C=C/C(=C\C=C/C)C1=CCC(C)CC1. The smallest absolute Gasteiger partial charge is 0.0234 e. The second-order valence-electron chi connectivity index (χ2n) is 3.96. The van der Waals surface area contributed by atoms with Crippen LogP contribution in [0.4, 0.5) is 0 Å². The van der Waals surface area contributed by atoms with Crippen LogP contribution in [0.5, 0.6) is 0 Å². The number of hydrogen-bond acceptors (Lipinski definition) is 0. The Hall–Kier alpha value is -1.04. The summed E-state index contributed by atoms with van der Waals surface area (Å²) in [5.74, 6) is 0.853. The van der Waals surface area contributed by atoms with Crippen LogP contribution in [0.15, 0.2) is 48.1 Å². The first kappa shape index (κ1) is 11.0. The van der Waals surface area contributed by atoms with E-state index in [1.54, 1.807) is 0 Å². The molecule has 0 saturated heterocycles. The van der Waals surface area contributed by atoms with Crippen molar-refractivity contribution in [3.8, 4) is 0 Å². The zero-order valence-electron chi connectivity index (χ0n) is 9.29. The Bertz CT molecular complexity index is 276. The Morgan fingerprint density at radius 1 is 1.57 bits per heavy atom. The minimum atomic E-state index is 0.853. The third kappa shape index (κ3) is 3.02. The second kappa shape index (κ2) is 5.64. The van der Waals surface area contributed by atoms with E-state index in [0.29, 0.717) is 0 Å². The van der Waals surface area contributed by atoms with Crippen molar-refractivity contribution in [3.05, 3.63) is 48.1 Å². The molecule has 0 saturated carbocycles. The summed E-state index contributed by atoms with van der Waals surface area (Å²) in [6, 6.07) is 0. The third-order valence-corrected chi connectivity index (χ3v) is 2.73. The van der Waals surface area contributed by atoms with Crippen LogP contribution in [0.2, 0.25) is 0 Å². The zero-order valence-corrected chi connectivity index (χ0v) is 9.29. The average molecular weight is 188 g/mol. The predicted molar refractivity (Wildman–Crippen MR) is 64.2 cm³/mol. The highest BCUT2D eigenvalue weighted by atomic mass is 14.2. The Kier molecular flexibility index (Phi) is 4.45. The lowest BCUT2D eigenvalue weighted by Gasteiger charge is -2.18. The molecule has 0 aromatic carbocycles. The summed E-state index contributed by atoms with van der Waals surface area (Å²) in [6.45, 7) is 8.22. The van der Waals surface area contributed by atoms with Gasteiger partial charge in [-0.2, -0.15) is 0 Å². The minimum absolute atomic E-state index is 0.853. The van der Waals surface area contributed by atoms with E-state index < -0.39 is 0 Å². The Morgan fingerprint density at radius 3 is 2.86 bits per heavy atom. The van der Waals surface area contributed by atoms with Crippen molar-refractivity contribution in [2.45, 2.75) is 33.1 Å². The quantitative estimate of drug-likeness (QED) is 0.575. The standard InChI is InChI=1S/C14H20/c1-4-6-7-13(5-2)14-10-8-12(3)9-11-14/h4-7,10,12H,2,8-9,11H2,1,3H3/b6-4-,13-7+. The molecule has 1 aliphatic rings. The normalized spacial score (nSPS) is 23.7. The first-order valence-corrected chi connectivity index (χ1v) is 5.42. The molecule has 0 heterocycles. The minimum Gasteiger partial charge on any atom is -0.0985 e. The van der Waals surface area contributed by atoms with Crippen molar-refractivity contribution >= 4 is 0 Å². The van der Waals surface area contributed by atoms with Crippen LogP contribution < -0.4 is 0 Å². The Morgan fingerprint density at radius 2 is 2.36 bits per heavy atom. The fourth-order valence-corrected chi connectivity index (χ4v) is 1.73. The van der Waals surface area contributed by atoms with Crippen LogP contribution in [0.25, 0.3) is 0 Å². The molecule has 0 bridgehead atoms. The summed E-state index contributed by atoms with van der Waals surface area (Å²) in [5.41, 5.74) is 2.76. The lowest BCUT2D eigenvalue weighted by molar-refractivity contribution is 0.517. The van der Waals surface area contributed by atoms with Crippen molar-refractivity contribution in [2.75, 3.05) is 0 Å². The molecule has 14 heavy (non-hydrogen) atoms. The molecular formula is C14H20. The lowest BCUT2D eigenvalue weighted by Crippen LogP contribution is -2.02. The van der Waals surface area contributed by atoms with Gasteiger partial charge in [-0.25, -0.2) is 0 Å². The van der Waals surface area contributed by atoms with E-state index in [9.17, 15) is 0 Å². The van der Waals surface area contributed by atoms with E-state index in [4.69, 9.17) is 0 Å². The van der Waals surface area contributed by atoms with Crippen LogP contribution in [0.1, 0.15) is 33.1 Å². The van der Waals surface area contributed by atoms with Gasteiger partial charge in [0.25, 0.3) is 0 Å². The summed E-state index contributed by atoms with van der Waals surface area (Å²) in [6.07, 6.45) is 14.3. The molecule has 0 aromatic rings. The molecule has 1 unspecified atom stereocenters. The third-order valence-electron chi connectivity index (χ3n) is 2.73. The van der Waals surface area contributed by atoms with Crippen LogP contribution in [0, 0.1) is 5.92 Å². The first-order valence-electron chi connectivity index (χ1n) is 5.42. The zero-order chi connectivity index (χ0) is 10.4. The molecule has 1 rings (SSSR count).